The molecular weight excluding hydrogens is 262 g/mol. The first-order chi connectivity index (χ1) is 10.3. The zero-order valence-corrected chi connectivity index (χ0v) is 12.1. The summed E-state index contributed by atoms with van der Waals surface area (Å²) >= 11 is 0. The molecular formula is C16H17N5. The van der Waals surface area contributed by atoms with Gasteiger partial charge in [-0.05, 0) is 24.3 Å². The lowest BCUT2D eigenvalue weighted by Gasteiger charge is -2.09. The number of fused-ring (bicyclic) bond motifs is 1. The molecule has 0 bridgehead atoms. The van der Waals surface area contributed by atoms with Gasteiger partial charge in [-0.25, -0.2) is 9.97 Å². The predicted octanol–water partition coefficient (Wildman–Crippen LogP) is 3.37. The fourth-order valence-corrected chi connectivity index (χ4v) is 2.15. The molecule has 0 amide bonds. The highest BCUT2D eigenvalue weighted by Gasteiger charge is 2.04. The van der Waals surface area contributed by atoms with E-state index in [1.54, 1.807) is 6.20 Å². The van der Waals surface area contributed by atoms with Gasteiger partial charge in [0, 0.05) is 36.8 Å². The highest BCUT2D eigenvalue weighted by Crippen LogP contribution is 2.21. The zero-order chi connectivity index (χ0) is 14.7. The van der Waals surface area contributed by atoms with Crippen molar-refractivity contribution in [2.45, 2.75) is 13.3 Å². The van der Waals surface area contributed by atoms with Crippen LogP contribution in [-0.2, 0) is 6.42 Å². The summed E-state index contributed by atoms with van der Waals surface area (Å²) in [5, 5.41) is 7.48. The topological polar surface area (TPSA) is 62.7 Å². The van der Waals surface area contributed by atoms with Crippen LogP contribution in [0.5, 0.6) is 0 Å². The largest absolute Gasteiger partial charge is 0.373 e. The van der Waals surface area contributed by atoms with E-state index in [1.165, 1.54) is 0 Å². The summed E-state index contributed by atoms with van der Waals surface area (Å²) in [5.74, 6) is 2.41. The molecule has 2 heterocycles. The summed E-state index contributed by atoms with van der Waals surface area (Å²) in [6, 6.07) is 11.9. The fraction of sp³-hybridized carbons (Fsp3) is 0.188. The number of pyridine rings is 1. The molecule has 5 heteroatoms. The smallest absolute Gasteiger partial charge is 0.136 e. The van der Waals surface area contributed by atoms with Gasteiger partial charge in [-0.3, -0.25) is 4.98 Å². The van der Waals surface area contributed by atoms with Crippen molar-refractivity contribution in [1.82, 2.24) is 15.0 Å². The summed E-state index contributed by atoms with van der Waals surface area (Å²) < 4.78 is 0. The van der Waals surface area contributed by atoms with E-state index in [0.29, 0.717) is 0 Å². The van der Waals surface area contributed by atoms with Crippen molar-refractivity contribution < 1.29 is 0 Å². The number of benzene rings is 1. The SMILES string of the molecule is CCc1nc(NC)cc(Nc2ccc3ncccc3c2)n1. The first kappa shape index (κ1) is 13.3. The number of aromatic nitrogens is 3. The molecule has 0 saturated heterocycles. The summed E-state index contributed by atoms with van der Waals surface area (Å²) in [5.41, 5.74) is 1.97. The zero-order valence-electron chi connectivity index (χ0n) is 12.1. The second kappa shape index (κ2) is 5.75. The molecule has 0 spiro atoms. The average Bonchev–Trinajstić information content (AvgIpc) is 2.54. The molecule has 0 fully saturated rings. The second-order valence-corrected chi connectivity index (χ2v) is 4.69. The predicted molar refractivity (Wildman–Crippen MR) is 86.0 cm³/mol. The molecule has 2 N–H and O–H groups in total. The Morgan fingerprint density at radius 1 is 1.05 bits per heavy atom. The normalized spacial score (nSPS) is 10.6. The van der Waals surface area contributed by atoms with Gasteiger partial charge in [0.05, 0.1) is 5.52 Å². The van der Waals surface area contributed by atoms with Crippen molar-refractivity contribution in [2.75, 3.05) is 17.7 Å². The van der Waals surface area contributed by atoms with Crippen molar-refractivity contribution in [3.05, 3.63) is 48.4 Å². The van der Waals surface area contributed by atoms with Crippen LogP contribution in [0, 0.1) is 0 Å². The van der Waals surface area contributed by atoms with Crippen molar-refractivity contribution in [3.63, 3.8) is 0 Å². The van der Waals surface area contributed by atoms with Gasteiger partial charge >= 0.3 is 0 Å². The molecule has 3 aromatic rings. The van der Waals surface area contributed by atoms with Crippen molar-refractivity contribution in [3.8, 4) is 0 Å². The Balaban J connectivity index is 1.94. The van der Waals surface area contributed by atoms with Gasteiger partial charge in [0.15, 0.2) is 0 Å². The van der Waals surface area contributed by atoms with Crippen LogP contribution in [-0.4, -0.2) is 22.0 Å². The van der Waals surface area contributed by atoms with E-state index < -0.39 is 0 Å². The Morgan fingerprint density at radius 3 is 2.71 bits per heavy atom. The summed E-state index contributed by atoms with van der Waals surface area (Å²) in [6.07, 6.45) is 2.60. The minimum atomic E-state index is 0.787. The maximum Gasteiger partial charge on any atom is 0.136 e. The monoisotopic (exact) mass is 279 g/mol. The van der Waals surface area contributed by atoms with E-state index in [-0.39, 0.29) is 0 Å². The van der Waals surface area contributed by atoms with E-state index in [4.69, 9.17) is 0 Å². The van der Waals surface area contributed by atoms with E-state index in [0.717, 1.165) is 40.5 Å². The molecule has 0 saturated carbocycles. The fourth-order valence-electron chi connectivity index (χ4n) is 2.15. The number of aryl methyl sites for hydroxylation is 1. The molecule has 0 aliphatic carbocycles. The highest BCUT2D eigenvalue weighted by atomic mass is 15.1. The third kappa shape index (κ3) is 2.91. The van der Waals surface area contributed by atoms with Gasteiger partial charge < -0.3 is 10.6 Å². The van der Waals surface area contributed by atoms with Crippen LogP contribution in [0.25, 0.3) is 10.9 Å². The third-order valence-electron chi connectivity index (χ3n) is 3.22. The highest BCUT2D eigenvalue weighted by molar-refractivity contribution is 5.83. The lowest BCUT2D eigenvalue weighted by Crippen LogP contribution is -2.03. The van der Waals surface area contributed by atoms with E-state index in [2.05, 4.69) is 31.7 Å². The van der Waals surface area contributed by atoms with Crippen LogP contribution in [0.1, 0.15) is 12.7 Å². The molecule has 2 aromatic heterocycles. The Bertz CT molecular complexity index is 747. The molecule has 1 aromatic carbocycles. The molecule has 3 rings (SSSR count). The van der Waals surface area contributed by atoms with E-state index in [1.807, 2.05) is 44.3 Å². The van der Waals surface area contributed by atoms with Gasteiger partial charge in [-0.2, -0.15) is 0 Å². The van der Waals surface area contributed by atoms with Crippen molar-refractivity contribution in [2.24, 2.45) is 0 Å². The van der Waals surface area contributed by atoms with Gasteiger partial charge in [-0.1, -0.05) is 13.0 Å². The standard InChI is InChI=1S/C16H17N5/c1-3-14-20-15(17-2)10-16(21-14)19-12-6-7-13-11(9-12)5-4-8-18-13/h4-10H,3H2,1-2H3,(H2,17,19,20,21). The quantitative estimate of drug-likeness (QED) is 0.766. The Morgan fingerprint density at radius 2 is 1.90 bits per heavy atom. The first-order valence-corrected chi connectivity index (χ1v) is 6.96. The lowest BCUT2D eigenvalue weighted by molar-refractivity contribution is 0.945. The van der Waals surface area contributed by atoms with Gasteiger partial charge in [0.1, 0.15) is 17.5 Å². The van der Waals surface area contributed by atoms with Crippen LogP contribution in [0.3, 0.4) is 0 Å². The van der Waals surface area contributed by atoms with Crippen LogP contribution in [0.4, 0.5) is 17.3 Å². The number of nitrogens with zero attached hydrogens (tertiary/aromatic N) is 3. The molecule has 21 heavy (non-hydrogen) atoms. The number of hydrogen-bond acceptors (Lipinski definition) is 5. The number of hydrogen-bond donors (Lipinski definition) is 2. The molecule has 0 aliphatic heterocycles. The lowest BCUT2D eigenvalue weighted by atomic mass is 10.2. The molecule has 0 unspecified atom stereocenters. The van der Waals surface area contributed by atoms with Crippen LogP contribution in [0.15, 0.2) is 42.6 Å². The van der Waals surface area contributed by atoms with Crippen LogP contribution in [0.2, 0.25) is 0 Å². The Hall–Kier alpha value is -2.69. The molecule has 5 nitrogen and oxygen atoms in total. The Kier molecular flexibility index (Phi) is 3.64. The molecule has 0 aliphatic rings. The first-order valence-electron chi connectivity index (χ1n) is 6.96. The minimum Gasteiger partial charge on any atom is -0.373 e. The van der Waals surface area contributed by atoms with E-state index >= 15 is 0 Å². The molecule has 0 atom stereocenters. The second-order valence-electron chi connectivity index (χ2n) is 4.69. The molecule has 106 valence electrons. The average molecular weight is 279 g/mol. The third-order valence-corrected chi connectivity index (χ3v) is 3.22. The van der Waals surface area contributed by atoms with E-state index in [9.17, 15) is 0 Å². The molecule has 0 radical (unpaired) electrons. The number of nitrogens with one attached hydrogen (secondary N) is 2. The summed E-state index contributed by atoms with van der Waals surface area (Å²) in [4.78, 5) is 13.2. The summed E-state index contributed by atoms with van der Waals surface area (Å²) in [7, 11) is 1.85. The minimum absolute atomic E-state index is 0.787. The number of anilines is 3. The van der Waals surface area contributed by atoms with Crippen molar-refractivity contribution in [1.29, 1.82) is 0 Å². The van der Waals surface area contributed by atoms with Gasteiger partial charge in [0.2, 0.25) is 0 Å². The maximum absolute atomic E-state index is 4.50. The van der Waals surface area contributed by atoms with Gasteiger partial charge in [-0.15, -0.1) is 0 Å². The van der Waals surface area contributed by atoms with Crippen LogP contribution >= 0.6 is 0 Å². The number of rotatable bonds is 4. The van der Waals surface area contributed by atoms with Crippen LogP contribution < -0.4 is 10.6 Å². The summed E-state index contributed by atoms with van der Waals surface area (Å²) in [6.45, 7) is 2.04. The van der Waals surface area contributed by atoms with Gasteiger partial charge in [0.25, 0.3) is 0 Å². The Labute approximate surface area is 123 Å². The maximum atomic E-state index is 4.50. The van der Waals surface area contributed by atoms with Crippen molar-refractivity contribution >= 4 is 28.2 Å².